The average molecular weight is 296 g/mol. The quantitative estimate of drug-likeness (QED) is 0.715. The largest absolute Gasteiger partial charge is 0.493 e. The van der Waals surface area contributed by atoms with Crippen molar-refractivity contribution in [3.63, 3.8) is 0 Å². The highest BCUT2D eigenvalue weighted by molar-refractivity contribution is 5.97. The number of carbonyl (C=O) groups is 1. The summed E-state index contributed by atoms with van der Waals surface area (Å²) < 4.78 is 12.6. The van der Waals surface area contributed by atoms with Crippen LogP contribution < -0.4 is 10.1 Å². The van der Waals surface area contributed by atoms with Crippen LogP contribution in [0.4, 0.5) is 0 Å². The number of ketones is 1. The third-order valence-corrected chi connectivity index (χ3v) is 3.47. The standard InChI is InChI=1S/C14H24N4O3/c1-17(2)5-6-18-14(13(20-3)10-16-18)12(19)8-11-9-15-4-7-21-11/h10-11,15H,4-9H2,1-3H3. The molecule has 0 saturated carbocycles. The number of likely N-dealkylation sites (N-methyl/N-ethyl adjacent to an activating group) is 1. The Morgan fingerprint density at radius 3 is 3.05 bits per heavy atom. The van der Waals surface area contributed by atoms with Crippen LogP contribution in [0.2, 0.25) is 0 Å². The molecule has 0 aromatic carbocycles. The first-order valence-electron chi connectivity index (χ1n) is 7.22. The molecule has 1 aromatic rings. The molecule has 1 fully saturated rings. The zero-order valence-corrected chi connectivity index (χ0v) is 13.0. The van der Waals surface area contributed by atoms with Gasteiger partial charge in [0, 0.05) is 26.1 Å². The van der Waals surface area contributed by atoms with Crippen molar-refractivity contribution in [2.24, 2.45) is 0 Å². The van der Waals surface area contributed by atoms with Crippen LogP contribution in [0.25, 0.3) is 0 Å². The Morgan fingerprint density at radius 2 is 2.43 bits per heavy atom. The molecule has 0 spiro atoms. The third kappa shape index (κ3) is 4.26. The summed E-state index contributed by atoms with van der Waals surface area (Å²) >= 11 is 0. The van der Waals surface area contributed by atoms with Crippen LogP contribution in [0, 0.1) is 0 Å². The number of carbonyl (C=O) groups excluding carboxylic acids is 1. The molecule has 1 aliphatic heterocycles. The highest BCUT2D eigenvalue weighted by Gasteiger charge is 2.24. The van der Waals surface area contributed by atoms with Crippen LogP contribution in [0.5, 0.6) is 5.75 Å². The van der Waals surface area contributed by atoms with E-state index in [2.05, 4.69) is 15.3 Å². The summed E-state index contributed by atoms with van der Waals surface area (Å²) in [4.78, 5) is 14.6. The number of hydrogen-bond acceptors (Lipinski definition) is 6. The topological polar surface area (TPSA) is 68.6 Å². The van der Waals surface area contributed by atoms with Gasteiger partial charge >= 0.3 is 0 Å². The lowest BCUT2D eigenvalue weighted by molar-refractivity contribution is 0.0237. The predicted octanol–water partition coefficient (Wildman–Crippen LogP) is 0.0145. The van der Waals surface area contributed by atoms with Crippen molar-refractivity contribution in [2.75, 3.05) is 47.4 Å². The second-order valence-electron chi connectivity index (χ2n) is 5.41. The van der Waals surface area contributed by atoms with Gasteiger partial charge in [-0.25, -0.2) is 0 Å². The molecule has 1 unspecified atom stereocenters. The molecule has 0 aliphatic carbocycles. The van der Waals surface area contributed by atoms with Gasteiger partial charge in [-0.3, -0.25) is 9.48 Å². The molecule has 7 nitrogen and oxygen atoms in total. The summed E-state index contributed by atoms with van der Waals surface area (Å²) in [5.41, 5.74) is 0.536. The van der Waals surface area contributed by atoms with Crippen LogP contribution in [0.3, 0.4) is 0 Å². The van der Waals surface area contributed by atoms with Crippen LogP contribution >= 0.6 is 0 Å². The lowest BCUT2D eigenvalue weighted by Gasteiger charge is -2.23. The number of rotatable bonds is 7. The number of nitrogens with one attached hydrogen (secondary N) is 1. The SMILES string of the molecule is COc1cnn(CCN(C)C)c1C(=O)CC1CNCCO1. The molecule has 1 aliphatic rings. The molecular formula is C14H24N4O3. The van der Waals surface area contributed by atoms with Gasteiger partial charge in [0.25, 0.3) is 0 Å². The van der Waals surface area contributed by atoms with Crippen molar-refractivity contribution in [2.45, 2.75) is 19.1 Å². The lowest BCUT2D eigenvalue weighted by atomic mass is 10.1. The molecule has 7 heteroatoms. The van der Waals surface area contributed by atoms with Gasteiger partial charge in [0.05, 0.1) is 32.6 Å². The van der Waals surface area contributed by atoms with E-state index >= 15 is 0 Å². The van der Waals surface area contributed by atoms with Gasteiger partial charge in [0.15, 0.2) is 11.5 Å². The van der Waals surface area contributed by atoms with E-state index in [-0.39, 0.29) is 11.9 Å². The molecule has 1 saturated heterocycles. The molecule has 2 rings (SSSR count). The molecular weight excluding hydrogens is 272 g/mol. The number of morpholine rings is 1. The summed E-state index contributed by atoms with van der Waals surface area (Å²) in [5.74, 6) is 0.541. The van der Waals surface area contributed by atoms with Gasteiger partial charge in [-0.05, 0) is 14.1 Å². The van der Waals surface area contributed by atoms with Crippen molar-refractivity contribution in [3.8, 4) is 5.75 Å². The molecule has 1 atom stereocenters. The minimum Gasteiger partial charge on any atom is -0.493 e. The average Bonchev–Trinajstić information content (AvgIpc) is 2.89. The Kier molecular flexibility index (Phi) is 5.72. The third-order valence-electron chi connectivity index (χ3n) is 3.47. The fourth-order valence-corrected chi connectivity index (χ4v) is 2.32. The van der Waals surface area contributed by atoms with E-state index in [4.69, 9.17) is 9.47 Å². The van der Waals surface area contributed by atoms with Crippen molar-refractivity contribution >= 4 is 5.78 Å². The van der Waals surface area contributed by atoms with Crippen LogP contribution in [-0.4, -0.2) is 74.0 Å². The Morgan fingerprint density at radius 1 is 1.62 bits per heavy atom. The van der Waals surface area contributed by atoms with E-state index in [0.29, 0.717) is 37.6 Å². The fourth-order valence-electron chi connectivity index (χ4n) is 2.32. The van der Waals surface area contributed by atoms with Crippen molar-refractivity contribution in [1.82, 2.24) is 20.0 Å². The molecule has 1 N–H and O–H groups in total. The number of methoxy groups -OCH3 is 1. The molecule has 21 heavy (non-hydrogen) atoms. The Bertz CT molecular complexity index is 467. The number of hydrogen-bond donors (Lipinski definition) is 1. The summed E-state index contributed by atoms with van der Waals surface area (Å²) in [7, 11) is 5.54. The highest BCUT2D eigenvalue weighted by Crippen LogP contribution is 2.20. The highest BCUT2D eigenvalue weighted by atomic mass is 16.5. The van der Waals surface area contributed by atoms with Crippen LogP contribution in [0.1, 0.15) is 16.9 Å². The minimum atomic E-state index is -0.0758. The van der Waals surface area contributed by atoms with E-state index in [1.165, 1.54) is 0 Å². The van der Waals surface area contributed by atoms with E-state index in [9.17, 15) is 4.79 Å². The Labute approximate surface area is 125 Å². The summed E-state index contributed by atoms with van der Waals surface area (Å²) in [5, 5.41) is 7.49. The van der Waals surface area contributed by atoms with Gasteiger partial charge in [0.1, 0.15) is 5.69 Å². The number of ether oxygens (including phenoxy) is 2. The van der Waals surface area contributed by atoms with Gasteiger partial charge in [-0.15, -0.1) is 0 Å². The van der Waals surface area contributed by atoms with Gasteiger partial charge in [0.2, 0.25) is 0 Å². The number of Topliss-reactive ketones (excluding diaryl/α,β-unsaturated/α-hetero) is 1. The van der Waals surface area contributed by atoms with Crippen molar-refractivity contribution in [1.29, 1.82) is 0 Å². The second-order valence-corrected chi connectivity index (χ2v) is 5.41. The van der Waals surface area contributed by atoms with Crippen molar-refractivity contribution < 1.29 is 14.3 Å². The maximum absolute atomic E-state index is 12.6. The maximum atomic E-state index is 12.6. The molecule has 0 amide bonds. The van der Waals surface area contributed by atoms with Gasteiger partial charge in [-0.2, -0.15) is 5.10 Å². The predicted molar refractivity (Wildman–Crippen MR) is 78.9 cm³/mol. The smallest absolute Gasteiger partial charge is 0.187 e. The van der Waals surface area contributed by atoms with Crippen LogP contribution in [-0.2, 0) is 11.3 Å². The first kappa shape index (κ1) is 15.9. The Balaban J connectivity index is 2.07. The molecule has 0 radical (unpaired) electrons. The Hall–Kier alpha value is -1.44. The molecule has 1 aromatic heterocycles. The first-order valence-corrected chi connectivity index (χ1v) is 7.22. The minimum absolute atomic E-state index is 0.0109. The van der Waals surface area contributed by atoms with Crippen molar-refractivity contribution in [3.05, 3.63) is 11.9 Å². The van der Waals surface area contributed by atoms with E-state index in [0.717, 1.165) is 13.1 Å². The van der Waals surface area contributed by atoms with E-state index in [1.807, 2.05) is 14.1 Å². The lowest BCUT2D eigenvalue weighted by Crippen LogP contribution is -2.39. The summed E-state index contributed by atoms with van der Waals surface area (Å²) in [6, 6.07) is 0. The summed E-state index contributed by atoms with van der Waals surface area (Å²) in [6.45, 7) is 3.66. The normalized spacial score (nSPS) is 19.0. The first-order chi connectivity index (χ1) is 10.1. The zero-order chi connectivity index (χ0) is 15.2. The summed E-state index contributed by atoms with van der Waals surface area (Å²) in [6.07, 6.45) is 1.87. The monoisotopic (exact) mass is 296 g/mol. The molecule has 0 bridgehead atoms. The van der Waals surface area contributed by atoms with Crippen LogP contribution in [0.15, 0.2) is 6.20 Å². The van der Waals surface area contributed by atoms with Gasteiger partial charge in [-0.1, -0.05) is 0 Å². The number of aromatic nitrogens is 2. The second kappa shape index (κ2) is 7.53. The van der Waals surface area contributed by atoms with E-state index < -0.39 is 0 Å². The van der Waals surface area contributed by atoms with E-state index in [1.54, 1.807) is 18.0 Å². The van der Waals surface area contributed by atoms with Gasteiger partial charge < -0.3 is 19.7 Å². The fraction of sp³-hybridized carbons (Fsp3) is 0.714. The molecule has 118 valence electrons. The molecule has 2 heterocycles. The maximum Gasteiger partial charge on any atom is 0.187 e. The number of nitrogens with zero attached hydrogens (tertiary/aromatic N) is 3. The zero-order valence-electron chi connectivity index (χ0n) is 13.0.